The predicted octanol–water partition coefficient (Wildman–Crippen LogP) is 4.16. The van der Waals surface area contributed by atoms with E-state index in [1.54, 1.807) is 29.2 Å². The number of likely N-dealkylation sites (N-methyl/N-ethyl adjacent to an activating group) is 1. The number of nitrogens with one attached hydrogen (secondary N) is 2. The topological polar surface area (TPSA) is 73.6 Å². The fourth-order valence-corrected chi connectivity index (χ4v) is 4.03. The van der Waals surface area contributed by atoms with Crippen LogP contribution in [0.1, 0.15) is 22.3 Å². The lowest BCUT2D eigenvalue weighted by atomic mass is 10.0. The number of carbonyl (C=O) groups excluding carboxylic acids is 1. The summed E-state index contributed by atoms with van der Waals surface area (Å²) in [6, 6.07) is 8.26. The minimum Gasteiger partial charge on any atom is -0.391 e. The van der Waals surface area contributed by atoms with Crippen LogP contribution in [-0.2, 0) is 30.2 Å². The van der Waals surface area contributed by atoms with Crippen molar-refractivity contribution >= 4 is 17.5 Å². The van der Waals surface area contributed by atoms with Crippen LogP contribution in [0.5, 0.6) is 0 Å². The molecule has 0 unspecified atom stereocenters. The molecule has 1 aliphatic heterocycles. The molecule has 0 spiro atoms. The highest BCUT2D eigenvalue weighted by Crippen LogP contribution is 2.36. The van der Waals surface area contributed by atoms with Crippen molar-refractivity contribution in [2.75, 3.05) is 33.2 Å². The number of nitrogens with zero attached hydrogens (tertiary/aromatic N) is 2. The van der Waals surface area contributed by atoms with Crippen molar-refractivity contribution in [2.45, 2.75) is 25.4 Å². The number of carbonyl (C=O) groups is 1. The van der Waals surface area contributed by atoms with E-state index < -0.39 is 35.9 Å². The molecule has 1 heterocycles. The van der Waals surface area contributed by atoms with Crippen LogP contribution in [0.4, 0.5) is 26.3 Å². The molecular weight excluding hydrogens is 524 g/mol. The molecule has 0 aromatic heterocycles. The van der Waals surface area contributed by atoms with E-state index in [2.05, 4.69) is 10.6 Å². The first-order valence-corrected chi connectivity index (χ1v) is 11.6. The Morgan fingerprint density at radius 1 is 1.05 bits per heavy atom. The number of piperazine rings is 1. The molecule has 0 saturated carbocycles. The molecule has 0 aliphatic carbocycles. The Morgan fingerprint density at radius 3 is 2.16 bits per heavy atom. The highest BCUT2D eigenvalue weighted by molar-refractivity contribution is 6.31. The van der Waals surface area contributed by atoms with Gasteiger partial charge < -0.3 is 26.2 Å². The maximum Gasteiger partial charge on any atom is 0.416 e. The van der Waals surface area contributed by atoms with Crippen LogP contribution >= 0.6 is 11.6 Å². The van der Waals surface area contributed by atoms with Crippen molar-refractivity contribution in [3.05, 3.63) is 81.3 Å². The first-order chi connectivity index (χ1) is 17.3. The van der Waals surface area contributed by atoms with Gasteiger partial charge in [0.25, 0.3) is 5.91 Å². The number of rotatable bonds is 7. The molecule has 1 fully saturated rings. The largest absolute Gasteiger partial charge is 0.416 e. The molecule has 1 aliphatic rings. The van der Waals surface area contributed by atoms with E-state index in [4.69, 9.17) is 17.3 Å². The zero-order valence-corrected chi connectivity index (χ0v) is 20.6. The van der Waals surface area contributed by atoms with Crippen LogP contribution in [0.25, 0.3) is 0 Å². The Balaban J connectivity index is 1.90. The van der Waals surface area contributed by atoms with Crippen molar-refractivity contribution in [2.24, 2.45) is 5.73 Å². The van der Waals surface area contributed by atoms with E-state index >= 15 is 0 Å². The van der Waals surface area contributed by atoms with Gasteiger partial charge >= 0.3 is 12.4 Å². The molecule has 202 valence electrons. The summed E-state index contributed by atoms with van der Waals surface area (Å²) in [5, 5.41) is 6.40. The van der Waals surface area contributed by atoms with Gasteiger partial charge in [-0.05, 0) is 35.4 Å². The monoisotopic (exact) mass is 549 g/mol. The first kappa shape index (κ1) is 28.5. The molecule has 3 rings (SSSR count). The van der Waals surface area contributed by atoms with Crippen LogP contribution < -0.4 is 16.4 Å². The van der Waals surface area contributed by atoms with Crippen LogP contribution in [-0.4, -0.2) is 48.9 Å². The summed E-state index contributed by atoms with van der Waals surface area (Å²) >= 11 is 6.18. The summed E-state index contributed by atoms with van der Waals surface area (Å²) < 4.78 is 79.6. The molecule has 0 bridgehead atoms. The predicted molar refractivity (Wildman–Crippen MR) is 127 cm³/mol. The van der Waals surface area contributed by atoms with Crippen LogP contribution in [0.15, 0.2) is 54.0 Å². The lowest BCUT2D eigenvalue weighted by Gasteiger charge is -2.33. The van der Waals surface area contributed by atoms with Crippen LogP contribution in [0, 0.1) is 0 Å². The van der Waals surface area contributed by atoms with Gasteiger partial charge in [0.1, 0.15) is 11.5 Å². The molecule has 0 radical (unpaired) electrons. The third kappa shape index (κ3) is 7.45. The summed E-state index contributed by atoms with van der Waals surface area (Å²) in [5.41, 5.74) is 3.56. The lowest BCUT2D eigenvalue weighted by Crippen LogP contribution is -2.48. The van der Waals surface area contributed by atoms with E-state index in [-0.39, 0.29) is 29.7 Å². The summed E-state index contributed by atoms with van der Waals surface area (Å²) in [5.74, 6) is -0.454. The number of hydrogen-bond donors (Lipinski definition) is 3. The second-order valence-electron chi connectivity index (χ2n) is 8.52. The fraction of sp³-hybridized carbons (Fsp3) is 0.375. The Bertz CT molecular complexity index is 1110. The summed E-state index contributed by atoms with van der Waals surface area (Å²) in [4.78, 5) is 16.2. The van der Waals surface area contributed by atoms with Gasteiger partial charge in [0.05, 0.1) is 11.1 Å². The lowest BCUT2D eigenvalue weighted by molar-refractivity contribution is -0.143. The van der Waals surface area contributed by atoms with Crippen LogP contribution in [0.2, 0.25) is 5.02 Å². The molecule has 6 nitrogen and oxygen atoms in total. The number of hydrogen-bond acceptors (Lipinski definition) is 5. The third-order valence-electron chi connectivity index (χ3n) is 5.74. The van der Waals surface area contributed by atoms with Gasteiger partial charge in [-0.1, -0.05) is 29.8 Å². The number of amides is 1. The van der Waals surface area contributed by atoms with E-state index in [0.29, 0.717) is 48.9 Å². The van der Waals surface area contributed by atoms with Crippen LogP contribution in [0.3, 0.4) is 0 Å². The number of halogens is 7. The van der Waals surface area contributed by atoms with Gasteiger partial charge in [-0.25, -0.2) is 0 Å². The Kier molecular flexibility index (Phi) is 8.85. The molecule has 2 aromatic rings. The smallest absolute Gasteiger partial charge is 0.391 e. The highest BCUT2D eigenvalue weighted by Gasteiger charge is 2.37. The van der Waals surface area contributed by atoms with Crippen molar-refractivity contribution < 1.29 is 31.1 Å². The Morgan fingerprint density at radius 2 is 1.62 bits per heavy atom. The van der Waals surface area contributed by atoms with Crippen molar-refractivity contribution in [3.63, 3.8) is 0 Å². The van der Waals surface area contributed by atoms with Gasteiger partial charge in [0.2, 0.25) is 0 Å². The molecule has 1 amide bonds. The van der Waals surface area contributed by atoms with Gasteiger partial charge in [-0.15, -0.1) is 0 Å². The van der Waals surface area contributed by atoms with E-state index in [1.165, 1.54) is 11.9 Å². The standard InChI is InChI=1S/C24H26ClF6N5O/c1-35(14-16-4-2-3-5-19(16)25)22(37)20(32)21(36-8-6-33-7-9-36)34-13-15-10-17(23(26,27)28)12-18(11-15)24(29,30)31/h2-5,10-12,33-34H,6-9,13-14,32H2,1H3/b21-20+. The average molecular weight is 550 g/mol. The molecule has 37 heavy (non-hydrogen) atoms. The molecule has 0 atom stereocenters. The quantitative estimate of drug-likeness (QED) is 0.357. The van der Waals surface area contributed by atoms with Gasteiger partial charge in [0, 0.05) is 51.3 Å². The maximum absolute atomic E-state index is 13.3. The highest BCUT2D eigenvalue weighted by atomic mass is 35.5. The number of alkyl halides is 6. The molecule has 1 saturated heterocycles. The maximum atomic E-state index is 13.3. The average Bonchev–Trinajstić information content (AvgIpc) is 2.84. The number of nitrogens with two attached hydrogens (primary N) is 1. The minimum absolute atomic E-state index is 0.0676. The normalized spacial score (nSPS) is 15.3. The zero-order valence-electron chi connectivity index (χ0n) is 19.8. The van der Waals surface area contributed by atoms with E-state index in [1.807, 2.05) is 0 Å². The summed E-state index contributed by atoms with van der Waals surface area (Å²) in [7, 11) is 1.51. The summed E-state index contributed by atoms with van der Waals surface area (Å²) in [6.45, 7) is 1.64. The zero-order chi connectivity index (χ0) is 27.4. The van der Waals surface area contributed by atoms with Gasteiger partial charge in [0.15, 0.2) is 0 Å². The second kappa shape index (κ2) is 11.5. The van der Waals surface area contributed by atoms with E-state index in [0.717, 1.165) is 0 Å². The number of benzene rings is 2. The van der Waals surface area contributed by atoms with Gasteiger partial charge in [-0.2, -0.15) is 26.3 Å². The molecule has 13 heteroatoms. The molecule has 2 aromatic carbocycles. The first-order valence-electron chi connectivity index (χ1n) is 11.2. The van der Waals surface area contributed by atoms with Gasteiger partial charge in [-0.3, -0.25) is 4.79 Å². The fourth-order valence-electron chi connectivity index (χ4n) is 3.83. The SMILES string of the molecule is CN(Cc1ccccc1Cl)C(=O)/C(N)=C(/NCc1cc(C(F)(F)F)cc(C(F)(F)F)c1)N1CCNCC1. The summed E-state index contributed by atoms with van der Waals surface area (Å²) in [6.07, 6.45) is -9.94. The van der Waals surface area contributed by atoms with Crippen molar-refractivity contribution in [1.29, 1.82) is 0 Å². The molecular formula is C24H26ClF6N5O. The van der Waals surface area contributed by atoms with Crippen molar-refractivity contribution in [3.8, 4) is 0 Å². The Hall–Kier alpha value is -3.12. The van der Waals surface area contributed by atoms with E-state index in [9.17, 15) is 31.1 Å². The van der Waals surface area contributed by atoms with Crippen molar-refractivity contribution in [1.82, 2.24) is 20.4 Å². The minimum atomic E-state index is -4.97. The third-order valence-corrected chi connectivity index (χ3v) is 6.11. The Labute approximate surface area is 215 Å². The molecule has 4 N–H and O–H groups in total. The second-order valence-corrected chi connectivity index (χ2v) is 8.93.